The van der Waals surface area contributed by atoms with Gasteiger partial charge in [0.2, 0.25) is 0 Å². The summed E-state index contributed by atoms with van der Waals surface area (Å²) in [7, 11) is 0. The van der Waals surface area contributed by atoms with Gasteiger partial charge >= 0.3 is 11.8 Å². The standard InChI is InChI=1S/C26H24N2O8/c1-3-33-25(29)26(30)15-21(27-36-26)24-22(34-16-18-7-5-4-6-8-18)13-17(2)14-23(24)35-20-11-9-19(10-12-20)28(31)32/h4-14,30H,3,15-16H2,1-2H3. The Morgan fingerprint density at radius 1 is 1.14 bits per heavy atom. The van der Waals surface area contributed by atoms with Crippen LogP contribution in [0.15, 0.2) is 71.9 Å². The molecule has 0 saturated heterocycles. The average molecular weight is 492 g/mol. The molecule has 186 valence electrons. The number of hydrogen-bond acceptors (Lipinski definition) is 9. The largest absolute Gasteiger partial charge is 0.488 e. The summed E-state index contributed by atoms with van der Waals surface area (Å²) in [4.78, 5) is 27.9. The molecule has 4 rings (SSSR count). The number of carbonyl (C=O) groups excluding carboxylic acids is 1. The molecular weight excluding hydrogens is 468 g/mol. The predicted molar refractivity (Wildman–Crippen MR) is 129 cm³/mol. The monoisotopic (exact) mass is 492 g/mol. The van der Waals surface area contributed by atoms with E-state index < -0.39 is 16.7 Å². The molecule has 1 unspecified atom stereocenters. The average Bonchev–Trinajstić information content (AvgIpc) is 3.26. The number of aryl methyl sites for hydroxylation is 1. The SMILES string of the molecule is CCOC(=O)C1(O)CC(c2c(OCc3ccccc3)cc(C)cc2Oc2ccc([N+](=O)[O-])cc2)=NO1. The maximum absolute atomic E-state index is 12.3. The zero-order chi connectivity index (χ0) is 25.7. The van der Waals surface area contributed by atoms with Gasteiger partial charge in [0.25, 0.3) is 5.69 Å². The van der Waals surface area contributed by atoms with Crippen LogP contribution in [0.1, 0.15) is 30.0 Å². The van der Waals surface area contributed by atoms with Crippen molar-refractivity contribution in [2.75, 3.05) is 6.61 Å². The molecule has 0 amide bonds. The second-order valence-electron chi connectivity index (χ2n) is 8.07. The number of carbonyl (C=O) groups is 1. The van der Waals surface area contributed by atoms with Gasteiger partial charge in [0.1, 0.15) is 29.6 Å². The minimum Gasteiger partial charge on any atom is -0.488 e. The summed E-state index contributed by atoms with van der Waals surface area (Å²) < 4.78 is 17.1. The van der Waals surface area contributed by atoms with Crippen molar-refractivity contribution < 1.29 is 33.9 Å². The zero-order valence-electron chi connectivity index (χ0n) is 19.7. The van der Waals surface area contributed by atoms with E-state index in [4.69, 9.17) is 19.0 Å². The first-order chi connectivity index (χ1) is 17.3. The minimum atomic E-state index is -2.28. The number of nitrogens with zero attached hydrogens (tertiary/aromatic N) is 2. The first-order valence-corrected chi connectivity index (χ1v) is 11.2. The lowest BCUT2D eigenvalue weighted by molar-refractivity contribution is -0.384. The number of aliphatic hydroxyl groups is 1. The van der Waals surface area contributed by atoms with E-state index in [9.17, 15) is 20.0 Å². The molecule has 1 atom stereocenters. The number of hydrogen-bond donors (Lipinski definition) is 1. The van der Waals surface area contributed by atoms with Crippen molar-refractivity contribution in [2.45, 2.75) is 32.7 Å². The molecule has 1 aliphatic heterocycles. The van der Waals surface area contributed by atoms with Crippen LogP contribution in [-0.4, -0.2) is 34.1 Å². The molecule has 1 heterocycles. The smallest absolute Gasteiger partial charge is 0.382 e. The third kappa shape index (κ3) is 5.44. The Bertz CT molecular complexity index is 1290. The Labute approximate surface area is 206 Å². The topological polar surface area (TPSA) is 130 Å². The molecule has 1 N–H and O–H groups in total. The van der Waals surface area contributed by atoms with Gasteiger partial charge in [-0.05, 0) is 49.2 Å². The van der Waals surface area contributed by atoms with E-state index in [0.717, 1.165) is 11.1 Å². The molecule has 36 heavy (non-hydrogen) atoms. The number of ether oxygens (including phenoxy) is 3. The summed E-state index contributed by atoms with van der Waals surface area (Å²) >= 11 is 0. The second-order valence-corrected chi connectivity index (χ2v) is 8.07. The maximum atomic E-state index is 12.3. The van der Waals surface area contributed by atoms with Gasteiger partial charge < -0.3 is 24.2 Å². The lowest BCUT2D eigenvalue weighted by Crippen LogP contribution is -2.40. The van der Waals surface area contributed by atoms with Gasteiger partial charge in [0.15, 0.2) is 0 Å². The first kappa shape index (κ1) is 24.7. The highest BCUT2D eigenvalue weighted by atomic mass is 16.8. The number of nitro groups is 1. The van der Waals surface area contributed by atoms with Crippen LogP contribution in [0.5, 0.6) is 17.2 Å². The van der Waals surface area contributed by atoms with E-state index >= 15 is 0 Å². The number of nitro benzene ring substituents is 1. The molecule has 3 aromatic rings. The van der Waals surface area contributed by atoms with Crippen LogP contribution in [0.2, 0.25) is 0 Å². The van der Waals surface area contributed by atoms with Crippen LogP contribution in [0.25, 0.3) is 0 Å². The highest BCUT2D eigenvalue weighted by Gasteiger charge is 2.47. The summed E-state index contributed by atoms with van der Waals surface area (Å²) in [6.45, 7) is 3.77. The number of rotatable bonds is 9. The molecule has 0 bridgehead atoms. The summed E-state index contributed by atoms with van der Waals surface area (Å²) in [6, 6.07) is 18.6. The molecule has 0 spiro atoms. The molecule has 0 aliphatic carbocycles. The zero-order valence-corrected chi connectivity index (χ0v) is 19.7. The lowest BCUT2D eigenvalue weighted by atomic mass is 9.99. The normalized spacial score (nSPS) is 16.6. The number of benzene rings is 3. The van der Waals surface area contributed by atoms with Crippen molar-refractivity contribution in [1.82, 2.24) is 0 Å². The first-order valence-electron chi connectivity index (χ1n) is 11.2. The quantitative estimate of drug-likeness (QED) is 0.260. The van der Waals surface area contributed by atoms with E-state index in [1.54, 1.807) is 19.1 Å². The van der Waals surface area contributed by atoms with E-state index in [2.05, 4.69) is 5.16 Å². The van der Waals surface area contributed by atoms with Gasteiger partial charge in [-0.15, -0.1) is 0 Å². The van der Waals surface area contributed by atoms with Gasteiger partial charge in [-0.2, -0.15) is 0 Å². The van der Waals surface area contributed by atoms with Crippen molar-refractivity contribution in [3.8, 4) is 17.2 Å². The number of non-ortho nitro benzene ring substituents is 1. The molecule has 0 aromatic heterocycles. The Hall–Kier alpha value is -4.44. The highest BCUT2D eigenvalue weighted by Crippen LogP contribution is 2.39. The van der Waals surface area contributed by atoms with Crippen molar-refractivity contribution in [1.29, 1.82) is 0 Å². The molecule has 0 fully saturated rings. The van der Waals surface area contributed by atoms with Crippen molar-refractivity contribution in [3.63, 3.8) is 0 Å². The molecule has 10 heteroatoms. The lowest BCUT2D eigenvalue weighted by Gasteiger charge is -2.19. The fourth-order valence-electron chi connectivity index (χ4n) is 3.61. The molecule has 3 aromatic carbocycles. The van der Waals surface area contributed by atoms with Crippen LogP contribution in [0, 0.1) is 17.0 Å². The third-order valence-corrected chi connectivity index (χ3v) is 5.32. The third-order valence-electron chi connectivity index (χ3n) is 5.32. The molecule has 1 aliphatic rings. The van der Waals surface area contributed by atoms with Crippen LogP contribution in [0.4, 0.5) is 5.69 Å². The van der Waals surface area contributed by atoms with Crippen LogP contribution >= 0.6 is 0 Å². The second kappa shape index (κ2) is 10.4. The fourth-order valence-corrected chi connectivity index (χ4v) is 3.61. The summed E-state index contributed by atoms with van der Waals surface area (Å²) in [5.41, 5.74) is 2.24. The van der Waals surface area contributed by atoms with E-state index in [0.29, 0.717) is 22.8 Å². The number of oxime groups is 1. The molecular formula is C26H24N2O8. The Morgan fingerprint density at radius 3 is 2.50 bits per heavy atom. The Kier molecular flexibility index (Phi) is 7.16. The van der Waals surface area contributed by atoms with E-state index in [-0.39, 0.29) is 31.0 Å². The minimum absolute atomic E-state index is 0.0598. The van der Waals surface area contributed by atoms with Gasteiger partial charge in [0, 0.05) is 12.1 Å². The maximum Gasteiger partial charge on any atom is 0.382 e. The van der Waals surface area contributed by atoms with Crippen molar-refractivity contribution in [2.24, 2.45) is 5.16 Å². The van der Waals surface area contributed by atoms with Crippen LogP contribution in [0.3, 0.4) is 0 Å². The molecule has 0 radical (unpaired) electrons. The number of esters is 1. The highest BCUT2D eigenvalue weighted by molar-refractivity contribution is 6.08. The molecule has 0 saturated carbocycles. The van der Waals surface area contributed by atoms with Gasteiger partial charge in [-0.1, -0.05) is 35.5 Å². The van der Waals surface area contributed by atoms with Gasteiger partial charge in [-0.3, -0.25) is 10.1 Å². The summed E-state index contributed by atoms with van der Waals surface area (Å²) in [6.07, 6.45) is -0.298. The van der Waals surface area contributed by atoms with E-state index in [1.165, 1.54) is 24.3 Å². The summed E-state index contributed by atoms with van der Waals surface area (Å²) in [5, 5.41) is 25.6. The van der Waals surface area contributed by atoms with E-state index in [1.807, 2.05) is 37.3 Å². The van der Waals surface area contributed by atoms with Gasteiger partial charge in [0.05, 0.1) is 23.5 Å². The van der Waals surface area contributed by atoms with Crippen LogP contribution < -0.4 is 9.47 Å². The predicted octanol–water partition coefficient (Wildman–Crippen LogP) is 4.65. The van der Waals surface area contributed by atoms with Crippen molar-refractivity contribution in [3.05, 3.63) is 93.5 Å². The van der Waals surface area contributed by atoms with Crippen LogP contribution in [-0.2, 0) is 21.0 Å². The fraction of sp³-hybridized carbons (Fsp3) is 0.231. The van der Waals surface area contributed by atoms with Crippen molar-refractivity contribution >= 4 is 17.4 Å². The summed E-state index contributed by atoms with van der Waals surface area (Å²) in [5.74, 6) is -2.20. The Morgan fingerprint density at radius 2 is 1.83 bits per heavy atom. The Balaban J connectivity index is 1.71. The molecule has 10 nitrogen and oxygen atoms in total. The van der Waals surface area contributed by atoms with Gasteiger partial charge in [-0.25, -0.2) is 4.79 Å².